The van der Waals surface area contributed by atoms with Crippen molar-refractivity contribution in [1.82, 2.24) is 9.80 Å². The highest BCUT2D eigenvalue weighted by atomic mass is 16.4. The standard InChI is InChI=1S/C11H20N2O3/c1-3-12(2)10(14)8-13-5-4-9(7-13)6-11(15)16/h9H,3-8H2,1-2H3,(H,15,16). The zero-order chi connectivity index (χ0) is 12.1. The Morgan fingerprint density at radius 3 is 2.75 bits per heavy atom. The van der Waals surface area contributed by atoms with E-state index in [2.05, 4.69) is 0 Å². The van der Waals surface area contributed by atoms with Gasteiger partial charge < -0.3 is 10.0 Å². The predicted molar refractivity (Wildman–Crippen MR) is 60.1 cm³/mol. The van der Waals surface area contributed by atoms with E-state index in [1.807, 2.05) is 11.8 Å². The summed E-state index contributed by atoms with van der Waals surface area (Å²) in [6.45, 7) is 4.64. The van der Waals surface area contributed by atoms with Gasteiger partial charge in [-0.2, -0.15) is 0 Å². The first kappa shape index (κ1) is 13.0. The molecular weight excluding hydrogens is 208 g/mol. The second-order valence-electron chi connectivity index (χ2n) is 4.40. The van der Waals surface area contributed by atoms with Crippen molar-refractivity contribution in [2.75, 3.05) is 33.2 Å². The van der Waals surface area contributed by atoms with E-state index in [-0.39, 0.29) is 18.2 Å². The highest BCUT2D eigenvalue weighted by Gasteiger charge is 2.26. The summed E-state index contributed by atoms with van der Waals surface area (Å²) in [6.07, 6.45) is 1.10. The summed E-state index contributed by atoms with van der Waals surface area (Å²) in [4.78, 5) is 25.9. The average molecular weight is 228 g/mol. The zero-order valence-corrected chi connectivity index (χ0v) is 9.98. The summed E-state index contributed by atoms with van der Waals surface area (Å²) in [6, 6.07) is 0. The summed E-state index contributed by atoms with van der Waals surface area (Å²) in [5, 5.41) is 8.67. The predicted octanol–water partition coefficient (Wildman–Crippen LogP) is 0.261. The van der Waals surface area contributed by atoms with Crippen LogP contribution in [0, 0.1) is 5.92 Å². The minimum absolute atomic E-state index is 0.110. The Morgan fingerprint density at radius 1 is 1.50 bits per heavy atom. The summed E-state index contributed by atoms with van der Waals surface area (Å²) in [5.74, 6) is -0.431. The second kappa shape index (κ2) is 5.84. The van der Waals surface area contributed by atoms with Crippen molar-refractivity contribution in [3.63, 3.8) is 0 Å². The van der Waals surface area contributed by atoms with Gasteiger partial charge in [0, 0.05) is 26.6 Å². The number of nitrogens with zero attached hydrogens (tertiary/aromatic N) is 2. The molecule has 1 atom stereocenters. The normalized spacial score (nSPS) is 21.0. The third-order valence-electron chi connectivity index (χ3n) is 3.09. The number of amides is 1. The number of aliphatic carboxylic acids is 1. The van der Waals surface area contributed by atoms with Crippen LogP contribution in [-0.2, 0) is 9.59 Å². The van der Waals surface area contributed by atoms with Crippen LogP contribution in [0.25, 0.3) is 0 Å². The Bertz CT molecular complexity index is 268. The van der Waals surface area contributed by atoms with Crippen molar-refractivity contribution in [2.24, 2.45) is 5.92 Å². The molecule has 16 heavy (non-hydrogen) atoms. The smallest absolute Gasteiger partial charge is 0.303 e. The lowest BCUT2D eigenvalue weighted by Crippen LogP contribution is -2.37. The van der Waals surface area contributed by atoms with Crippen molar-refractivity contribution in [1.29, 1.82) is 0 Å². The molecule has 0 radical (unpaired) electrons. The van der Waals surface area contributed by atoms with E-state index in [0.717, 1.165) is 19.5 Å². The molecule has 0 spiro atoms. The fourth-order valence-electron chi connectivity index (χ4n) is 1.96. The molecule has 1 amide bonds. The van der Waals surface area contributed by atoms with Crippen LogP contribution in [-0.4, -0.2) is 60.0 Å². The minimum Gasteiger partial charge on any atom is -0.481 e. The summed E-state index contributed by atoms with van der Waals surface area (Å²) >= 11 is 0. The van der Waals surface area contributed by atoms with E-state index >= 15 is 0 Å². The maximum Gasteiger partial charge on any atom is 0.303 e. The van der Waals surface area contributed by atoms with Crippen LogP contribution in [0.2, 0.25) is 0 Å². The third kappa shape index (κ3) is 3.81. The Hall–Kier alpha value is -1.10. The lowest BCUT2D eigenvalue weighted by molar-refractivity contribution is -0.138. The van der Waals surface area contributed by atoms with Gasteiger partial charge in [-0.25, -0.2) is 0 Å². The summed E-state index contributed by atoms with van der Waals surface area (Å²) in [7, 11) is 1.78. The van der Waals surface area contributed by atoms with Crippen LogP contribution in [0.1, 0.15) is 19.8 Å². The maximum atomic E-state index is 11.6. The molecular formula is C11H20N2O3. The zero-order valence-electron chi connectivity index (χ0n) is 9.98. The van der Waals surface area contributed by atoms with Crippen molar-refractivity contribution < 1.29 is 14.7 Å². The van der Waals surface area contributed by atoms with Gasteiger partial charge >= 0.3 is 5.97 Å². The van der Waals surface area contributed by atoms with Gasteiger partial charge in [0.05, 0.1) is 6.54 Å². The van der Waals surface area contributed by atoms with Crippen LogP contribution in [0.15, 0.2) is 0 Å². The van der Waals surface area contributed by atoms with Gasteiger partial charge in [0.1, 0.15) is 0 Å². The molecule has 0 aromatic heterocycles. The number of likely N-dealkylation sites (N-methyl/N-ethyl adjacent to an activating group) is 1. The van der Waals surface area contributed by atoms with Crippen LogP contribution in [0.3, 0.4) is 0 Å². The number of likely N-dealkylation sites (tertiary alicyclic amines) is 1. The molecule has 0 aromatic carbocycles. The largest absolute Gasteiger partial charge is 0.481 e. The Balaban J connectivity index is 2.31. The van der Waals surface area contributed by atoms with E-state index in [1.165, 1.54) is 0 Å². The van der Waals surface area contributed by atoms with Crippen LogP contribution < -0.4 is 0 Å². The van der Waals surface area contributed by atoms with Gasteiger partial charge in [0.15, 0.2) is 0 Å². The monoisotopic (exact) mass is 228 g/mol. The minimum atomic E-state index is -0.746. The van der Waals surface area contributed by atoms with Gasteiger partial charge in [-0.15, -0.1) is 0 Å². The Kier molecular flexibility index (Phi) is 4.73. The highest BCUT2D eigenvalue weighted by molar-refractivity contribution is 5.78. The van der Waals surface area contributed by atoms with Crippen molar-refractivity contribution >= 4 is 11.9 Å². The molecule has 1 fully saturated rings. The van der Waals surface area contributed by atoms with E-state index in [9.17, 15) is 9.59 Å². The topological polar surface area (TPSA) is 60.9 Å². The second-order valence-corrected chi connectivity index (χ2v) is 4.40. The molecule has 0 aliphatic carbocycles. The SMILES string of the molecule is CCN(C)C(=O)CN1CCC(CC(=O)O)C1. The number of carbonyl (C=O) groups is 2. The molecule has 1 aliphatic rings. The van der Waals surface area contributed by atoms with Crippen molar-refractivity contribution in [3.8, 4) is 0 Å². The molecule has 0 saturated carbocycles. The molecule has 1 saturated heterocycles. The van der Waals surface area contributed by atoms with Gasteiger partial charge in [0.2, 0.25) is 5.91 Å². The van der Waals surface area contributed by atoms with E-state index in [4.69, 9.17) is 5.11 Å². The molecule has 5 heteroatoms. The van der Waals surface area contributed by atoms with Crippen LogP contribution in [0.5, 0.6) is 0 Å². The molecule has 5 nitrogen and oxygen atoms in total. The first-order valence-electron chi connectivity index (χ1n) is 5.71. The molecule has 1 N–H and O–H groups in total. The Labute approximate surface area is 96.0 Å². The summed E-state index contributed by atoms with van der Waals surface area (Å²) < 4.78 is 0. The van der Waals surface area contributed by atoms with Crippen LogP contribution in [0.4, 0.5) is 0 Å². The summed E-state index contributed by atoms with van der Waals surface area (Å²) in [5.41, 5.74) is 0. The lowest BCUT2D eigenvalue weighted by Gasteiger charge is -2.20. The van der Waals surface area contributed by atoms with E-state index in [1.54, 1.807) is 11.9 Å². The molecule has 0 bridgehead atoms. The van der Waals surface area contributed by atoms with Gasteiger partial charge in [0.25, 0.3) is 0 Å². The Morgan fingerprint density at radius 2 is 2.19 bits per heavy atom. The van der Waals surface area contributed by atoms with E-state index in [0.29, 0.717) is 13.1 Å². The fourth-order valence-corrected chi connectivity index (χ4v) is 1.96. The lowest BCUT2D eigenvalue weighted by atomic mass is 10.1. The molecule has 1 heterocycles. The van der Waals surface area contributed by atoms with Gasteiger partial charge in [-0.1, -0.05) is 0 Å². The maximum absolute atomic E-state index is 11.6. The van der Waals surface area contributed by atoms with E-state index < -0.39 is 5.97 Å². The van der Waals surface area contributed by atoms with Crippen LogP contribution >= 0.6 is 0 Å². The third-order valence-corrected chi connectivity index (χ3v) is 3.09. The molecule has 1 aliphatic heterocycles. The number of rotatable bonds is 5. The number of carbonyl (C=O) groups excluding carboxylic acids is 1. The number of carboxylic acid groups (broad SMARTS) is 1. The number of hydrogen-bond donors (Lipinski definition) is 1. The van der Waals surface area contributed by atoms with Gasteiger partial charge in [-0.05, 0) is 25.8 Å². The number of carboxylic acids is 1. The first-order chi connectivity index (χ1) is 7.52. The molecule has 0 aromatic rings. The average Bonchev–Trinajstić information content (AvgIpc) is 2.63. The highest BCUT2D eigenvalue weighted by Crippen LogP contribution is 2.19. The fraction of sp³-hybridized carbons (Fsp3) is 0.818. The molecule has 92 valence electrons. The quantitative estimate of drug-likeness (QED) is 0.733. The molecule has 1 rings (SSSR count). The van der Waals surface area contributed by atoms with Gasteiger partial charge in [-0.3, -0.25) is 14.5 Å². The first-order valence-corrected chi connectivity index (χ1v) is 5.71. The number of hydrogen-bond acceptors (Lipinski definition) is 3. The van der Waals surface area contributed by atoms with Crippen molar-refractivity contribution in [2.45, 2.75) is 19.8 Å². The molecule has 1 unspecified atom stereocenters. The van der Waals surface area contributed by atoms with Crippen molar-refractivity contribution in [3.05, 3.63) is 0 Å².